The van der Waals surface area contributed by atoms with Crippen molar-refractivity contribution in [3.8, 4) is 17.2 Å². The summed E-state index contributed by atoms with van der Waals surface area (Å²) in [6.45, 7) is 1.50. The summed E-state index contributed by atoms with van der Waals surface area (Å²) < 4.78 is 22.0. The van der Waals surface area contributed by atoms with Gasteiger partial charge in [0.15, 0.2) is 11.5 Å². The zero-order valence-electron chi connectivity index (χ0n) is 15.8. The van der Waals surface area contributed by atoms with Crippen molar-refractivity contribution in [1.82, 2.24) is 0 Å². The summed E-state index contributed by atoms with van der Waals surface area (Å²) in [6.07, 6.45) is 2.24. The molecule has 1 aromatic carbocycles. The SMILES string of the molecule is C/C=C/C=C\[C@H]1Cc2cc(O[C@@H]3O[C@H](CO)[C@@H](OC)[C@H](O)[C@H]3O)cc(O)c2O1. The molecule has 8 nitrogen and oxygen atoms in total. The number of aliphatic hydroxyl groups is 3. The zero-order chi connectivity index (χ0) is 20.3. The number of methoxy groups -OCH3 is 1. The molecule has 8 heteroatoms. The van der Waals surface area contributed by atoms with Crippen molar-refractivity contribution in [2.75, 3.05) is 13.7 Å². The Labute approximate surface area is 163 Å². The van der Waals surface area contributed by atoms with Crippen molar-refractivity contribution < 1.29 is 39.4 Å². The lowest BCUT2D eigenvalue weighted by Crippen LogP contribution is -2.60. The number of hydrogen-bond donors (Lipinski definition) is 4. The molecule has 0 aromatic heterocycles. The minimum atomic E-state index is -1.39. The minimum absolute atomic E-state index is 0.0891. The maximum atomic E-state index is 10.3. The summed E-state index contributed by atoms with van der Waals surface area (Å²) in [5.74, 6) is 0.552. The van der Waals surface area contributed by atoms with E-state index in [9.17, 15) is 20.4 Å². The highest BCUT2D eigenvalue weighted by Crippen LogP contribution is 2.41. The minimum Gasteiger partial charge on any atom is -0.504 e. The second-order valence-corrected chi connectivity index (χ2v) is 6.73. The molecule has 0 unspecified atom stereocenters. The normalized spacial score (nSPS) is 32.6. The number of benzene rings is 1. The molecule has 0 spiro atoms. The van der Waals surface area contributed by atoms with Gasteiger partial charge in [-0.1, -0.05) is 18.2 Å². The number of aliphatic hydroxyl groups excluding tert-OH is 3. The van der Waals surface area contributed by atoms with Crippen molar-refractivity contribution in [2.45, 2.75) is 50.2 Å². The summed E-state index contributed by atoms with van der Waals surface area (Å²) >= 11 is 0. The molecule has 0 aliphatic carbocycles. The van der Waals surface area contributed by atoms with E-state index in [-0.39, 0.29) is 17.6 Å². The molecular formula is C20H26O8. The van der Waals surface area contributed by atoms with E-state index in [0.29, 0.717) is 12.2 Å². The van der Waals surface area contributed by atoms with Gasteiger partial charge in [-0.25, -0.2) is 0 Å². The topological polar surface area (TPSA) is 118 Å². The Kier molecular flexibility index (Phi) is 6.58. The summed E-state index contributed by atoms with van der Waals surface area (Å²) in [7, 11) is 1.35. The van der Waals surface area contributed by atoms with Gasteiger partial charge in [-0.15, -0.1) is 0 Å². The number of aromatic hydroxyl groups is 1. The molecule has 154 valence electrons. The van der Waals surface area contributed by atoms with Crippen LogP contribution in [0, 0.1) is 0 Å². The van der Waals surface area contributed by atoms with Gasteiger partial charge in [0.2, 0.25) is 6.29 Å². The highest BCUT2D eigenvalue weighted by molar-refractivity contribution is 5.53. The molecule has 0 saturated carbocycles. The molecule has 3 rings (SSSR count). The van der Waals surface area contributed by atoms with E-state index < -0.39 is 37.3 Å². The molecule has 28 heavy (non-hydrogen) atoms. The third kappa shape index (κ3) is 4.16. The van der Waals surface area contributed by atoms with E-state index in [1.54, 1.807) is 6.07 Å². The summed E-state index contributed by atoms with van der Waals surface area (Å²) in [6, 6.07) is 3.05. The first-order valence-corrected chi connectivity index (χ1v) is 9.12. The molecule has 2 aliphatic heterocycles. The number of rotatable bonds is 6. The van der Waals surface area contributed by atoms with Gasteiger partial charge in [0, 0.05) is 25.2 Å². The third-order valence-electron chi connectivity index (χ3n) is 4.78. The average Bonchev–Trinajstić information content (AvgIpc) is 3.09. The number of ether oxygens (including phenoxy) is 4. The van der Waals surface area contributed by atoms with Crippen LogP contribution in [0.1, 0.15) is 12.5 Å². The quantitative estimate of drug-likeness (QED) is 0.520. The number of phenols is 1. The Balaban J connectivity index is 1.74. The van der Waals surface area contributed by atoms with Crippen LogP contribution in [0.3, 0.4) is 0 Å². The van der Waals surface area contributed by atoms with Gasteiger partial charge >= 0.3 is 0 Å². The van der Waals surface area contributed by atoms with Gasteiger partial charge in [0.25, 0.3) is 0 Å². The van der Waals surface area contributed by atoms with Crippen LogP contribution in [0.5, 0.6) is 17.2 Å². The second kappa shape index (κ2) is 8.93. The van der Waals surface area contributed by atoms with Crippen molar-refractivity contribution in [3.05, 3.63) is 42.0 Å². The largest absolute Gasteiger partial charge is 0.504 e. The molecule has 1 saturated heterocycles. The second-order valence-electron chi connectivity index (χ2n) is 6.73. The molecule has 0 amide bonds. The van der Waals surface area contributed by atoms with Crippen molar-refractivity contribution in [1.29, 1.82) is 0 Å². The van der Waals surface area contributed by atoms with Crippen LogP contribution < -0.4 is 9.47 Å². The summed E-state index contributed by atoms with van der Waals surface area (Å²) in [5.41, 5.74) is 0.754. The highest BCUT2D eigenvalue weighted by atomic mass is 16.7. The Morgan fingerprint density at radius 3 is 2.68 bits per heavy atom. The lowest BCUT2D eigenvalue weighted by Gasteiger charge is -2.41. The highest BCUT2D eigenvalue weighted by Gasteiger charge is 2.46. The molecule has 1 aromatic rings. The first-order valence-electron chi connectivity index (χ1n) is 9.12. The predicted molar refractivity (Wildman–Crippen MR) is 99.4 cm³/mol. The van der Waals surface area contributed by atoms with Crippen molar-refractivity contribution in [2.24, 2.45) is 0 Å². The molecule has 2 aliphatic rings. The lowest BCUT2D eigenvalue weighted by molar-refractivity contribution is -0.281. The third-order valence-corrected chi connectivity index (χ3v) is 4.78. The van der Waals surface area contributed by atoms with E-state index in [1.165, 1.54) is 13.2 Å². The lowest BCUT2D eigenvalue weighted by atomic mass is 9.99. The van der Waals surface area contributed by atoms with Crippen LogP contribution >= 0.6 is 0 Å². The van der Waals surface area contributed by atoms with Crippen LogP contribution in [0.4, 0.5) is 0 Å². The van der Waals surface area contributed by atoms with Crippen LogP contribution in [0.2, 0.25) is 0 Å². The van der Waals surface area contributed by atoms with Gasteiger partial charge in [-0.2, -0.15) is 0 Å². The molecule has 2 heterocycles. The summed E-state index contributed by atoms with van der Waals surface area (Å²) in [4.78, 5) is 0. The van der Waals surface area contributed by atoms with E-state index in [2.05, 4.69) is 0 Å². The van der Waals surface area contributed by atoms with Gasteiger partial charge in [0.1, 0.15) is 36.3 Å². The van der Waals surface area contributed by atoms with Gasteiger partial charge in [0.05, 0.1) is 6.61 Å². The molecule has 0 bridgehead atoms. The van der Waals surface area contributed by atoms with Crippen LogP contribution in [0.25, 0.3) is 0 Å². The van der Waals surface area contributed by atoms with Gasteiger partial charge in [-0.05, 0) is 19.1 Å². The molecular weight excluding hydrogens is 368 g/mol. The smallest absolute Gasteiger partial charge is 0.229 e. The van der Waals surface area contributed by atoms with Crippen LogP contribution in [-0.4, -0.2) is 71.0 Å². The molecule has 4 N–H and O–H groups in total. The van der Waals surface area contributed by atoms with E-state index >= 15 is 0 Å². The van der Waals surface area contributed by atoms with Gasteiger partial charge < -0.3 is 39.4 Å². The molecule has 6 atom stereocenters. The van der Waals surface area contributed by atoms with E-state index in [1.807, 2.05) is 31.2 Å². The first kappa shape index (κ1) is 20.6. The monoisotopic (exact) mass is 394 g/mol. The Hall–Kier alpha value is -2.10. The summed E-state index contributed by atoms with van der Waals surface area (Å²) in [5, 5.41) is 40.2. The number of allylic oxidation sites excluding steroid dienone is 3. The van der Waals surface area contributed by atoms with Crippen molar-refractivity contribution >= 4 is 0 Å². The van der Waals surface area contributed by atoms with E-state index in [0.717, 1.165) is 5.56 Å². The van der Waals surface area contributed by atoms with Crippen LogP contribution in [0.15, 0.2) is 36.4 Å². The van der Waals surface area contributed by atoms with Crippen molar-refractivity contribution in [3.63, 3.8) is 0 Å². The maximum Gasteiger partial charge on any atom is 0.229 e. The average molecular weight is 394 g/mol. The number of hydrogen-bond acceptors (Lipinski definition) is 8. The van der Waals surface area contributed by atoms with E-state index in [4.69, 9.17) is 18.9 Å². The fourth-order valence-electron chi connectivity index (χ4n) is 3.39. The number of fused-ring (bicyclic) bond motifs is 1. The maximum absolute atomic E-state index is 10.3. The standard InChI is InChI=1S/C20H26O8/c1-3-4-5-6-12-7-11-8-13(9-14(22)18(11)26-12)27-20-17(24)16(23)19(25-2)15(10-21)28-20/h3-6,8-9,12,15-17,19-24H,7,10H2,1-2H3/b4-3+,6-5-/t12-,15+,16+,17+,19+,20+/m0/s1. The molecule has 1 fully saturated rings. The fraction of sp³-hybridized carbons (Fsp3) is 0.500. The Bertz CT molecular complexity index is 729. The number of phenolic OH excluding ortho intramolecular Hbond substituents is 1. The Morgan fingerprint density at radius 2 is 2.00 bits per heavy atom. The zero-order valence-corrected chi connectivity index (χ0v) is 15.8. The fourth-order valence-corrected chi connectivity index (χ4v) is 3.39. The van der Waals surface area contributed by atoms with Crippen LogP contribution in [-0.2, 0) is 15.9 Å². The predicted octanol–water partition coefficient (Wildman–Crippen LogP) is 0.661. The molecule has 0 radical (unpaired) electrons. The first-order chi connectivity index (χ1) is 13.5. The Morgan fingerprint density at radius 1 is 1.21 bits per heavy atom. The van der Waals surface area contributed by atoms with Gasteiger partial charge in [-0.3, -0.25) is 0 Å².